The Morgan fingerprint density at radius 3 is 2.56 bits per heavy atom. The van der Waals surface area contributed by atoms with Gasteiger partial charge in [-0.3, -0.25) is 13.8 Å². The number of amides is 2. The second-order valence-corrected chi connectivity index (χ2v) is 13.5. The Balaban J connectivity index is 1.03. The number of fused-ring (bicyclic) bond motifs is 1. The zero-order valence-corrected chi connectivity index (χ0v) is 27.4. The monoisotopic (exact) mass is 679 g/mol. The number of carbonyl (C=O) groups is 2. The molecule has 0 aliphatic carbocycles. The first-order valence-electron chi connectivity index (χ1n) is 15.8. The van der Waals surface area contributed by atoms with Crippen molar-refractivity contribution in [3.63, 3.8) is 0 Å². The lowest BCUT2D eigenvalue weighted by atomic mass is 9.88. The van der Waals surface area contributed by atoms with Crippen LogP contribution in [0.5, 0.6) is 5.75 Å². The number of piperidine rings is 1. The van der Waals surface area contributed by atoms with Crippen molar-refractivity contribution in [1.82, 2.24) is 19.8 Å². The first-order chi connectivity index (χ1) is 23.0. The van der Waals surface area contributed by atoms with Crippen LogP contribution in [0.4, 0.5) is 14.5 Å². The maximum atomic E-state index is 13.5. The van der Waals surface area contributed by atoms with Crippen LogP contribution in [-0.2, 0) is 16.1 Å². The summed E-state index contributed by atoms with van der Waals surface area (Å²) in [4.78, 5) is 32.6. The molecule has 0 saturated carbocycles. The number of hydrogen-bond acceptors (Lipinski definition) is 8. The smallest absolute Gasteiger partial charge is 0.387 e. The Kier molecular flexibility index (Phi) is 9.76. The fraction of sp³-hybridized carbons (Fsp3) is 0.382. The van der Waals surface area contributed by atoms with Gasteiger partial charge in [-0.15, -0.1) is 0 Å². The van der Waals surface area contributed by atoms with Crippen LogP contribution in [0.25, 0.3) is 5.57 Å². The number of carbonyl (C=O) groups excluding carboxylic acids is 2. The van der Waals surface area contributed by atoms with Crippen molar-refractivity contribution in [2.45, 2.75) is 38.8 Å². The molecule has 0 spiro atoms. The van der Waals surface area contributed by atoms with E-state index < -0.39 is 23.4 Å². The SMILES string of the molecule is Cc1cc(NC2=NC=CC3=CC2(C)NC=C3c2ccc(OC(F)F)cc2)ccc1C(=O)N1CCC(C(=O)NCC2CN(S(=O)[O-])C2)CC1. The van der Waals surface area contributed by atoms with Gasteiger partial charge in [0.25, 0.3) is 5.91 Å². The summed E-state index contributed by atoms with van der Waals surface area (Å²) in [6.07, 6.45) is 8.68. The lowest BCUT2D eigenvalue weighted by molar-refractivity contribution is -0.126. The summed E-state index contributed by atoms with van der Waals surface area (Å²) in [6.45, 7) is 3.27. The van der Waals surface area contributed by atoms with Crippen LogP contribution in [0.15, 0.2) is 77.6 Å². The van der Waals surface area contributed by atoms with Crippen molar-refractivity contribution in [2.75, 3.05) is 38.0 Å². The summed E-state index contributed by atoms with van der Waals surface area (Å²) in [7, 11) is 0. The van der Waals surface area contributed by atoms with Crippen LogP contribution in [0.3, 0.4) is 0 Å². The van der Waals surface area contributed by atoms with Crippen molar-refractivity contribution in [2.24, 2.45) is 16.8 Å². The summed E-state index contributed by atoms with van der Waals surface area (Å²) < 4.78 is 52.8. The van der Waals surface area contributed by atoms with Gasteiger partial charge in [-0.1, -0.05) is 12.1 Å². The van der Waals surface area contributed by atoms with E-state index in [1.165, 1.54) is 16.4 Å². The van der Waals surface area contributed by atoms with E-state index in [-0.39, 0.29) is 29.4 Å². The van der Waals surface area contributed by atoms with Crippen molar-refractivity contribution in [1.29, 1.82) is 0 Å². The Labute approximate surface area is 280 Å². The largest absolute Gasteiger partial charge is 0.760 e. The predicted octanol–water partition coefficient (Wildman–Crippen LogP) is 3.96. The highest BCUT2D eigenvalue weighted by Crippen LogP contribution is 2.33. The van der Waals surface area contributed by atoms with Gasteiger partial charge < -0.3 is 30.1 Å². The minimum Gasteiger partial charge on any atom is -0.760 e. The average Bonchev–Trinajstić information content (AvgIpc) is 3.15. The number of nitrogens with zero attached hydrogens (tertiary/aromatic N) is 3. The molecule has 4 aliphatic rings. The number of ether oxygens (including phenoxy) is 1. The molecule has 0 aromatic heterocycles. The second kappa shape index (κ2) is 14.0. The molecule has 2 amide bonds. The Morgan fingerprint density at radius 2 is 1.90 bits per heavy atom. The molecule has 6 rings (SSSR count). The molecule has 3 N–H and O–H groups in total. The van der Waals surface area contributed by atoms with E-state index in [4.69, 9.17) is 0 Å². The average molecular weight is 680 g/mol. The topological polar surface area (TPSA) is 138 Å². The number of amidine groups is 1. The fourth-order valence-electron chi connectivity index (χ4n) is 6.36. The summed E-state index contributed by atoms with van der Waals surface area (Å²) in [6, 6.07) is 12.0. The van der Waals surface area contributed by atoms with Gasteiger partial charge in [-0.05, 0) is 85.9 Å². The maximum absolute atomic E-state index is 13.5. The Morgan fingerprint density at radius 1 is 1.17 bits per heavy atom. The van der Waals surface area contributed by atoms with Gasteiger partial charge in [-0.25, -0.2) is 9.30 Å². The number of likely N-dealkylation sites (tertiary alicyclic amines) is 1. The first kappa shape index (κ1) is 33.5. The summed E-state index contributed by atoms with van der Waals surface area (Å²) >= 11 is -2.21. The quantitative estimate of drug-likeness (QED) is 0.341. The lowest BCUT2D eigenvalue weighted by Crippen LogP contribution is -2.52. The van der Waals surface area contributed by atoms with Gasteiger partial charge in [0.1, 0.15) is 17.1 Å². The van der Waals surface area contributed by atoms with Crippen molar-refractivity contribution in [3.8, 4) is 5.75 Å². The zero-order valence-electron chi connectivity index (χ0n) is 26.6. The van der Waals surface area contributed by atoms with Gasteiger partial charge in [0.15, 0.2) is 0 Å². The van der Waals surface area contributed by atoms with E-state index >= 15 is 0 Å². The van der Waals surface area contributed by atoms with E-state index in [0.717, 1.165) is 28.0 Å². The van der Waals surface area contributed by atoms with Gasteiger partial charge in [0.2, 0.25) is 5.91 Å². The molecule has 254 valence electrons. The van der Waals surface area contributed by atoms with Crippen molar-refractivity contribution in [3.05, 3.63) is 89.3 Å². The normalized spacial score (nSPS) is 22.0. The highest BCUT2D eigenvalue weighted by molar-refractivity contribution is 7.76. The fourth-order valence-corrected chi connectivity index (χ4v) is 7.03. The number of aliphatic imine (C=N–C) groups is 1. The number of allylic oxidation sites excluding steroid dienone is 3. The van der Waals surface area contributed by atoms with Crippen molar-refractivity contribution >= 4 is 40.2 Å². The summed E-state index contributed by atoms with van der Waals surface area (Å²) in [5.41, 5.74) is 4.14. The van der Waals surface area contributed by atoms with Crippen LogP contribution >= 0.6 is 0 Å². The molecule has 14 heteroatoms. The molecule has 2 saturated heterocycles. The van der Waals surface area contributed by atoms with Gasteiger partial charge in [0, 0.05) is 85.0 Å². The second-order valence-electron chi connectivity index (χ2n) is 12.6. The van der Waals surface area contributed by atoms with Crippen LogP contribution in [0.2, 0.25) is 0 Å². The van der Waals surface area contributed by atoms with Crippen LogP contribution < -0.4 is 20.7 Å². The van der Waals surface area contributed by atoms with E-state index in [9.17, 15) is 27.1 Å². The number of hydrogen-bond donors (Lipinski definition) is 3. The molecule has 2 atom stereocenters. The van der Waals surface area contributed by atoms with E-state index in [1.54, 1.807) is 29.3 Å². The first-order valence-corrected chi connectivity index (χ1v) is 16.8. The molecule has 48 heavy (non-hydrogen) atoms. The highest BCUT2D eigenvalue weighted by atomic mass is 32.2. The Bertz CT molecular complexity index is 1710. The molecule has 0 radical (unpaired) electrons. The number of benzene rings is 2. The third kappa shape index (κ3) is 7.35. The number of halogens is 2. The van der Waals surface area contributed by atoms with Gasteiger partial charge in [-0.2, -0.15) is 8.78 Å². The van der Waals surface area contributed by atoms with Crippen molar-refractivity contribution < 1.29 is 31.9 Å². The van der Waals surface area contributed by atoms with E-state index in [2.05, 4.69) is 31.8 Å². The summed E-state index contributed by atoms with van der Waals surface area (Å²) in [5.74, 6) is 0.581. The van der Waals surface area contributed by atoms with E-state index in [0.29, 0.717) is 57.0 Å². The minimum atomic E-state index is -2.88. The van der Waals surface area contributed by atoms with Crippen LogP contribution in [-0.4, -0.2) is 80.5 Å². The van der Waals surface area contributed by atoms with Gasteiger partial charge in [0.05, 0.1) is 0 Å². The summed E-state index contributed by atoms with van der Waals surface area (Å²) in [5, 5.41) is 9.78. The number of rotatable bonds is 9. The number of dihydropyridines is 1. The number of anilines is 1. The lowest BCUT2D eigenvalue weighted by Gasteiger charge is -2.40. The minimum absolute atomic E-state index is 0.0436. The molecule has 2 aromatic rings. The van der Waals surface area contributed by atoms with Crippen LogP contribution in [0.1, 0.15) is 41.3 Å². The molecular formula is C34H37F2N6O5S-. The molecule has 4 aliphatic heterocycles. The Hall–Kier alpha value is -4.40. The standard InChI is InChI=1S/C34H38F2N6O5S/c1-21-15-26(5-8-28(21)31(44)41-13-10-24(11-14-41)30(43)38-17-22-19-42(20-22)48(45)46)40-32-34(2)16-25(9-12-37-32)29(18-39-34)23-3-6-27(7-4-23)47-33(35)36/h3-9,12,15-16,18,22,24,33,39H,10-11,13-14,17,19-20H2,1-2H3,(H,37,40)(H,38,43)(H,45,46)/p-1. The third-order valence-electron chi connectivity index (χ3n) is 9.18. The molecule has 2 unspecified atom stereocenters. The molecular weight excluding hydrogens is 642 g/mol. The van der Waals surface area contributed by atoms with Gasteiger partial charge >= 0.3 is 6.61 Å². The molecule has 2 fully saturated rings. The number of alkyl halides is 2. The van der Waals surface area contributed by atoms with Crippen LogP contribution in [0, 0.1) is 18.8 Å². The molecule has 11 nitrogen and oxygen atoms in total. The maximum Gasteiger partial charge on any atom is 0.387 e. The molecule has 2 bridgehead atoms. The number of nitrogens with one attached hydrogen (secondary N) is 3. The third-order valence-corrected chi connectivity index (χ3v) is 9.90. The zero-order chi connectivity index (χ0) is 34.0. The molecule has 4 heterocycles. The highest BCUT2D eigenvalue weighted by Gasteiger charge is 2.34. The van der Waals surface area contributed by atoms with E-state index in [1.807, 2.05) is 38.3 Å². The molecule has 2 aromatic carbocycles. The predicted molar refractivity (Wildman–Crippen MR) is 178 cm³/mol. The number of aryl methyl sites for hydroxylation is 1.